The van der Waals surface area contributed by atoms with Crippen LogP contribution in [0.5, 0.6) is 0 Å². The van der Waals surface area contributed by atoms with Crippen molar-refractivity contribution in [3.05, 3.63) is 29.3 Å². The second-order valence-corrected chi connectivity index (χ2v) is 4.23. The molecule has 0 heterocycles. The van der Waals surface area contributed by atoms with E-state index in [9.17, 15) is 8.78 Å². The van der Waals surface area contributed by atoms with Gasteiger partial charge in [0.1, 0.15) is 0 Å². The number of rotatable bonds is 2. The molecule has 1 fully saturated rings. The lowest BCUT2D eigenvalue weighted by molar-refractivity contribution is 0.419. The normalized spacial score (nSPS) is 16.8. The Morgan fingerprint density at radius 1 is 1.06 bits per heavy atom. The van der Waals surface area contributed by atoms with E-state index >= 15 is 0 Å². The second-order valence-electron chi connectivity index (χ2n) is 4.23. The molecule has 86 valence electrons. The lowest BCUT2D eigenvalue weighted by Gasteiger charge is -2.13. The Hall–Kier alpha value is -0.935. The van der Waals surface area contributed by atoms with Crippen LogP contribution >= 0.6 is 0 Å². The van der Waals surface area contributed by atoms with Gasteiger partial charge in [-0.25, -0.2) is 8.78 Å². The van der Waals surface area contributed by atoms with Crippen molar-refractivity contribution in [1.82, 2.24) is 0 Å². The molecule has 0 aliphatic heterocycles. The molecule has 0 unspecified atom stereocenters. The molecular weight excluding hydrogens is 213 g/mol. The first-order valence-corrected chi connectivity index (χ1v) is 5.45. The second kappa shape index (κ2) is 4.51. The summed E-state index contributed by atoms with van der Waals surface area (Å²) in [6, 6.07) is 2.71. The molecule has 1 saturated carbocycles. The van der Waals surface area contributed by atoms with E-state index in [2.05, 4.69) is 0 Å². The molecule has 2 N–H and O–H groups in total. The van der Waals surface area contributed by atoms with Gasteiger partial charge < -0.3 is 10.0 Å². The number of hydrogen-bond donors (Lipinski definition) is 2. The molecule has 0 atom stereocenters. The average Bonchev–Trinajstić information content (AvgIpc) is 2.74. The van der Waals surface area contributed by atoms with Crippen LogP contribution in [0.2, 0.25) is 0 Å². The van der Waals surface area contributed by atoms with E-state index in [1.54, 1.807) is 0 Å². The van der Waals surface area contributed by atoms with Crippen molar-refractivity contribution in [2.24, 2.45) is 0 Å². The van der Waals surface area contributed by atoms with Crippen LogP contribution in [-0.2, 0) is 0 Å². The smallest absolute Gasteiger partial charge is 0.423 e. The average molecular weight is 226 g/mol. The van der Waals surface area contributed by atoms with Crippen LogP contribution in [0.15, 0.2) is 12.1 Å². The lowest BCUT2D eigenvalue weighted by Crippen LogP contribution is -2.34. The molecule has 2 nitrogen and oxygen atoms in total. The van der Waals surface area contributed by atoms with Crippen LogP contribution < -0.4 is 5.46 Å². The molecule has 5 heteroatoms. The van der Waals surface area contributed by atoms with Gasteiger partial charge in [-0.1, -0.05) is 25.0 Å². The largest absolute Gasteiger partial charge is 0.491 e. The van der Waals surface area contributed by atoms with Gasteiger partial charge in [-0.2, -0.15) is 0 Å². The molecule has 1 aliphatic carbocycles. The minimum Gasteiger partial charge on any atom is -0.423 e. The molecule has 16 heavy (non-hydrogen) atoms. The van der Waals surface area contributed by atoms with Crippen molar-refractivity contribution < 1.29 is 18.8 Å². The van der Waals surface area contributed by atoms with Crippen LogP contribution in [0.25, 0.3) is 0 Å². The minimum atomic E-state index is -1.97. The van der Waals surface area contributed by atoms with E-state index in [-0.39, 0.29) is 5.92 Å². The highest BCUT2D eigenvalue weighted by atomic mass is 19.2. The van der Waals surface area contributed by atoms with E-state index in [0.717, 1.165) is 25.7 Å². The number of halogens is 2. The van der Waals surface area contributed by atoms with Crippen molar-refractivity contribution in [3.63, 3.8) is 0 Å². The monoisotopic (exact) mass is 226 g/mol. The summed E-state index contributed by atoms with van der Waals surface area (Å²) >= 11 is 0. The fraction of sp³-hybridized carbons (Fsp3) is 0.455. The van der Waals surface area contributed by atoms with E-state index < -0.39 is 24.2 Å². The summed E-state index contributed by atoms with van der Waals surface area (Å²) in [6.45, 7) is 0. The number of hydrogen-bond acceptors (Lipinski definition) is 2. The predicted octanol–water partition coefficient (Wildman–Crippen LogP) is 1.30. The Balaban J connectivity index is 2.38. The summed E-state index contributed by atoms with van der Waals surface area (Å²) in [4.78, 5) is 0. The molecule has 2 rings (SSSR count). The Kier molecular flexibility index (Phi) is 3.26. The fourth-order valence-corrected chi connectivity index (χ4v) is 2.33. The lowest BCUT2D eigenvalue weighted by atomic mass is 9.78. The standard InChI is InChI=1S/C11H13BF2O2/c13-10-8(7-3-1-2-4-7)5-6-9(11(10)14)12(15)16/h5-7,15-16H,1-4H2. The van der Waals surface area contributed by atoms with Gasteiger partial charge in [0.05, 0.1) is 0 Å². The molecule has 1 aromatic rings. The number of benzene rings is 1. The zero-order chi connectivity index (χ0) is 11.7. The van der Waals surface area contributed by atoms with Crippen molar-refractivity contribution in [3.8, 4) is 0 Å². The van der Waals surface area contributed by atoms with Gasteiger partial charge in [0, 0.05) is 5.46 Å². The van der Waals surface area contributed by atoms with Gasteiger partial charge in [-0.3, -0.25) is 0 Å². The first kappa shape index (κ1) is 11.5. The molecule has 0 bridgehead atoms. The van der Waals surface area contributed by atoms with Crippen LogP contribution in [0.4, 0.5) is 8.78 Å². The Morgan fingerprint density at radius 3 is 2.25 bits per heavy atom. The highest BCUT2D eigenvalue weighted by molar-refractivity contribution is 6.58. The van der Waals surface area contributed by atoms with Crippen LogP contribution in [0.1, 0.15) is 37.2 Å². The highest BCUT2D eigenvalue weighted by Gasteiger charge is 2.26. The summed E-state index contributed by atoms with van der Waals surface area (Å²) in [5.41, 5.74) is -0.0429. The van der Waals surface area contributed by atoms with Crippen LogP contribution in [0, 0.1) is 11.6 Å². The third kappa shape index (κ3) is 1.97. The SMILES string of the molecule is OB(O)c1ccc(C2CCCC2)c(F)c1F. The van der Waals surface area contributed by atoms with Gasteiger partial charge in [-0.15, -0.1) is 0 Å². The quantitative estimate of drug-likeness (QED) is 0.746. The van der Waals surface area contributed by atoms with Crippen LogP contribution in [-0.4, -0.2) is 17.2 Å². The van der Waals surface area contributed by atoms with Crippen molar-refractivity contribution in [2.45, 2.75) is 31.6 Å². The Labute approximate surface area is 93.1 Å². The Morgan fingerprint density at radius 2 is 1.69 bits per heavy atom. The Bertz CT molecular complexity index is 390. The van der Waals surface area contributed by atoms with E-state index in [1.807, 2.05) is 0 Å². The third-order valence-electron chi connectivity index (χ3n) is 3.22. The van der Waals surface area contributed by atoms with E-state index in [0.29, 0.717) is 5.56 Å². The minimum absolute atomic E-state index is 0.0689. The van der Waals surface area contributed by atoms with E-state index in [4.69, 9.17) is 10.0 Å². The van der Waals surface area contributed by atoms with Crippen molar-refractivity contribution in [1.29, 1.82) is 0 Å². The molecule has 0 aromatic heterocycles. The summed E-state index contributed by atoms with van der Waals surface area (Å²) < 4.78 is 27.1. The third-order valence-corrected chi connectivity index (χ3v) is 3.22. The van der Waals surface area contributed by atoms with Crippen molar-refractivity contribution >= 4 is 12.6 Å². The molecular formula is C11H13BF2O2. The first-order chi connectivity index (χ1) is 7.61. The van der Waals surface area contributed by atoms with Gasteiger partial charge in [-0.05, 0) is 24.3 Å². The maximum atomic E-state index is 13.7. The summed E-state index contributed by atoms with van der Waals surface area (Å²) in [5, 5.41) is 17.7. The molecule has 0 amide bonds. The van der Waals surface area contributed by atoms with Gasteiger partial charge in [0.15, 0.2) is 11.6 Å². The fourth-order valence-electron chi connectivity index (χ4n) is 2.33. The van der Waals surface area contributed by atoms with E-state index in [1.165, 1.54) is 12.1 Å². The summed E-state index contributed by atoms with van der Waals surface area (Å²) in [5.74, 6) is -2.00. The molecule has 1 aromatic carbocycles. The van der Waals surface area contributed by atoms with Crippen LogP contribution in [0.3, 0.4) is 0 Å². The zero-order valence-electron chi connectivity index (χ0n) is 8.79. The summed E-state index contributed by atoms with van der Waals surface area (Å²) in [6.07, 6.45) is 3.82. The first-order valence-electron chi connectivity index (χ1n) is 5.45. The molecule has 0 saturated heterocycles. The molecule has 0 spiro atoms. The van der Waals surface area contributed by atoms with Crippen molar-refractivity contribution in [2.75, 3.05) is 0 Å². The molecule has 0 radical (unpaired) electrons. The predicted molar refractivity (Wildman–Crippen MR) is 57.4 cm³/mol. The topological polar surface area (TPSA) is 40.5 Å². The highest BCUT2D eigenvalue weighted by Crippen LogP contribution is 2.35. The van der Waals surface area contributed by atoms with Gasteiger partial charge in [0.2, 0.25) is 0 Å². The van der Waals surface area contributed by atoms with Gasteiger partial charge in [0.25, 0.3) is 0 Å². The molecule has 1 aliphatic rings. The zero-order valence-corrected chi connectivity index (χ0v) is 8.79. The maximum absolute atomic E-state index is 13.7. The summed E-state index contributed by atoms with van der Waals surface area (Å²) in [7, 11) is -1.97. The maximum Gasteiger partial charge on any atom is 0.491 e. The van der Waals surface area contributed by atoms with Gasteiger partial charge >= 0.3 is 7.12 Å².